The number of hydrogen-bond donors (Lipinski definition) is 1. The molecule has 3 aromatic rings. The van der Waals surface area contributed by atoms with Crippen molar-refractivity contribution in [3.05, 3.63) is 53.7 Å². The number of nitrogens with one attached hydrogen (secondary N) is 1. The van der Waals surface area contributed by atoms with E-state index in [4.69, 9.17) is 19.2 Å². The van der Waals surface area contributed by atoms with Gasteiger partial charge in [0.2, 0.25) is 5.95 Å². The van der Waals surface area contributed by atoms with Crippen LogP contribution in [-0.2, 0) is 17.6 Å². The largest absolute Gasteiger partial charge is 0.491 e. The molecule has 2 aliphatic heterocycles. The topological polar surface area (TPSA) is 75.2 Å². The van der Waals surface area contributed by atoms with E-state index >= 15 is 0 Å². The summed E-state index contributed by atoms with van der Waals surface area (Å²) in [4.78, 5) is 16.8. The molecular weight excluding hydrogens is 492 g/mol. The van der Waals surface area contributed by atoms with Gasteiger partial charge < -0.3 is 29.3 Å². The van der Waals surface area contributed by atoms with Crippen LogP contribution in [0.4, 0.5) is 17.3 Å². The van der Waals surface area contributed by atoms with Crippen LogP contribution < -0.4 is 19.7 Å². The number of likely N-dealkylation sites (N-methyl/N-ethyl adjacent to an activating group) is 1. The monoisotopic (exact) mass is 530 g/mol. The lowest BCUT2D eigenvalue weighted by atomic mass is 9.90. The van der Waals surface area contributed by atoms with E-state index in [1.807, 2.05) is 12.3 Å². The number of aryl methyl sites for hydroxylation is 2. The highest BCUT2D eigenvalue weighted by molar-refractivity contribution is 5.73. The molecule has 1 aromatic heterocycles. The van der Waals surface area contributed by atoms with E-state index in [0.29, 0.717) is 32.4 Å². The SMILES string of the molecule is CN(C)CCN1CCN(c2ccc3cc2OCCOCCOc2ccc4c(c2)-c2nc(ncc2CC4)N3)CC1. The van der Waals surface area contributed by atoms with Gasteiger partial charge in [0, 0.05) is 62.8 Å². The van der Waals surface area contributed by atoms with Gasteiger partial charge in [0.15, 0.2) is 0 Å². The Labute approximate surface area is 230 Å². The number of nitrogens with zero attached hydrogens (tertiary/aromatic N) is 5. The lowest BCUT2D eigenvalue weighted by Gasteiger charge is -2.37. The summed E-state index contributed by atoms with van der Waals surface area (Å²) in [5, 5.41) is 3.42. The van der Waals surface area contributed by atoms with Gasteiger partial charge in [0.05, 0.1) is 24.6 Å². The first-order valence-corrected chi connectivity index (χ1v) is 14.0. The molecule has 9 heteroatoms. The maximum absolute atomic E-state index is 6.29. The molecule has 2 aromatic carbocycles. The lowest BCUT2D eigenvalue weighted by molar-refractivity contribution is 0.0765. The number of aromatic nitrogens is 2. The molecule has 0 unspecified atom stereocenters. The third-order valence-corrected chi connectivity index (χ3v) is 7.64. The van der Waals surface area contributed by atoms with Crippen LogP contribution in [0.3, 0.4) is 0 Å². The number of anilines is 3. The third kappa shape index (κ3) is 6.11. The minimum absolute atomic E-state index is 0.466. The molecule has 0 atom stereocenters. The highest BCUT2D eigenvalue weighted by Gasteiger charge is 2.22. The maximum atomic E-state index is 6.29. The average Bonchev–Trinajstić information content (AvgIpc) is 2.95. The van der Waals surface area contributed by atoms with Gasteiger partial charge in [-0.2, -0.15) is 0 Å². The van der Waals surface area contributed by atoms with Crippen molar-refractivity contribution >= 4 is 17.3 Å². The molecule has 3 heterocycles. The van der Waals surface area contributed by atoms with Crippen LogP contribution in [0.5, 0.6) is 11.5 Å². The van der Waals surface area contributed by atoms with Gasteiger partial charge in [-0.1, -0.05) is 6.07 Å². The standard InChI is InChI=1S/C30H38N6O3/c1-34(2)9-10-35-11-13-36(14-12-35)27-8-6-24-19-28(27)39-18-16-37-15-17-38-25-7-5-22-3-4-23-21-31-30(32-24)33-29(23)26(22)20-25/h5-8,19-21H,3-4,9-18H2,1-2H3,(H,31,32,33). The molecule has 0 saturated carbocycles. The van der Waals surface area contributed by atoms with Gasteiger partial charge in [-0.05, 0) is 62.3 Å². The second-order valence-electron chi connectivity index (χ2n) is 10.6. The molecule has 1 N–H and O–H groups in total. The van der Waals surface area contributed by atoms with Gasteiger partial charge in [0.1, 0.15) is 24.7 Å². The average molecular weight is 531 g/mol. The molecule has 206 valence electrons. The normalized spacial score (nSPS) is 17.8. The fourth-order valence-electron chi connectivity index (χ4n) is 5.42. The Morgan fingerprint density at radius 3 is 2.56 bits per heavy atom. The van der Waals surface area contributed by atoms with Gasteiger partial charge in [-0.25, -0.2) is 9.97 Å². The first-order chi connectivity index (χ1) is 19.1. The second-order valence-corrected chi connectivity index (χ2v) is 10.6. The number of piperazine rings is 1. The van der Waals surface area contributed by atoms with Crippen LogP contribution >= 0.6 is 0 Å². The number of ether oxygens (including phenoxy) is 3. The van der Waals surface area contributed by atoms with Gasteiger partial charge in [-0.15, -0.1) is 0 Å². The lowest BCUT2D eigenvalue weighted by Crippen LogP contribution is -2.48. The van der Waals surface area contributed by atoms with Crippen molar-refractivity contribution in [1.82, 2.24) is 19.8 Å². The summed E-state index contributed by atoms with van der Waals surface area (Å²) in [6.07, 6.45) is 3.87. The van der Waals surface area contributed by atoms with E-state index in [1.54, 1.807) is 0 Å². The summed E-state index contributed by atoms with van der Waals surface area (Å²) in [5.74, 6) is 2.25. The molecule has 39 heavy (non-hydrogen) atoms. The molecular formula is C30H38N6O3. The molecule has 6 bridgehead atoms. The van der Waals surface area contributed by atoms with Crippen LogP contribution in [-0.4, -0.2) is 99.6 Å². The Morgan fingerprint density at radius 1 is 0.897 bits per heavy atom. The quantitative estimate of drug-likeness (QED) is 0.546. The van der Waals surface area contributed by atoms with E-state index in [0.717, 1.165) is 91.8 Å². The van der Waals surface area contributed by atoms with Crippen molar-refractivity contribution in [2.24, 2.45) is 0 Å². The smallest absolute Gasteiger partial charge is 0.227 e. The second kappa shape index (κ2) is 11.8. The van der Waals surface area contributed by atoms with Crippen LogP contribution in [0.2, 0.25) is 0 Å². The maximum Gasteiger partial charge on any atom is 0.227 e. The van der Waals surface area contributed by atoms with E-state index in [-0.39, 0.29) is 0 Å². The number of fused-ring (bicyclic) bond motifs is 4. The predicted octanol–water partition coefficient (Wildman–Crippen LogP) is 3.46. The molecule has 0 radical (unpaired) electrons. The zero-order valence-corrected chi connectivity index (χ0v) is 23.0. The van der Waals surface area contributed by atoms with E-state index in [1.165, 1.54) is 5.56 Å². The van der Waals surface area contributed by atoms with Crippen molar-refractivity contribution in [1.29, 1.82) is 0 Å². The number of rotatable bonds is 4. The van der Waals surface area contributed by atoms with Crippen molar-refractivity contribution in [2.45, 2.75) is 12.8 Å². The minimum Gasteiger partial charge on any atom is -0.491 e. The zero-order valence-electron chi connectivity index (χ0n) is 23.0. The Balaban J connectivity index is 1.26. The van der Waals surface area contributed by atoms with Gasteiger partial charge in [0.25, 0.3) is 0 Å². The molecule has 9 nitrogen and oxygen atoms in total. The third-order valence-electron chi connectivity index (χ3n) is 7.64. The summed E-state index contributed by atoms with van der Waals surface area (Å²) in [6, 6.07) is 12.6. The highest BCUT2D eigenvalue weighted by atomic mass is 16.5. The fourth-order valence-corrected chi connectivity index (χ4v) is 5.42. The fraction of sp³-hybridized carbons (Fsp3) is 0.467. The molecule has 0 amide bonds. The van der Waals surface area contributed by atoms with Crippen LogP contribution in [0.25, 0.3) is 11.3 Å². The van der Waals surface area contributed by atoms with Crippen molar-refractivity contribution in [3.8, 4) is 22.8 Å². The summed E-state index contributed by atoms with van der Waals surface area (Å²) < 4.78 is 18.1. The highest BCUT2D eigenvalue weighted by Crippen LogP contribution is 2.36. The molecule has 1 aliphatic carbocycles. The van der Waals surface area contributed by atoms with Gasteiger partial charge in [-0.3, -0.25) is 4.90 Å². The van der Waals surface area contributed by atoms with E-state index < -0.39 is 0 Å². The number of benzene rings is 2. The Hall–Kier alpha value is -3.40. The van der Waals surface area contributed by atoms with Gasteiger partial charge >= 0.3 is 0 Å². The Bertz CT molecular complexity index is 1290. The van der Waals surface area contributed by atoms with E-state index in [2.05, 4.69) is 69.4 Å². The summed E-state index contributed by atoms with van der Waals surface area (Å²) >= 11 is 0. The van der Waals surface area contributed by atoms with Crippen molar-refractivity contribution in [3.63, 3.8) is 0 Å². The number of hydrogen-bond acceptors (Lipinski definition) is 9. The van der Waals surface area contributed by atoms with Crippen LogP contribution in [0, 0.1) is 0 Å². The summed E-state index contributed by atoms with van der Waals surface area (Å²) in [6.45, 7) is 8.16. The Kier molecular flexibility index (Phi) is 7.81. The predicted molar refractivity (Wildman–Crippen MR) is 154 cm³/mol. The van der Waals surface area contributed by atoms with Crippen molar-refractivity contribution in [2.75, 3.05) is 90.0 Å². The first kappa shape index (κ1) is 25.9. The van der Waals surface area contributed by atoms with Crippen LogP contribution in [0.15, 0.2) is 42.6 Å². The Morgan fingerprint density at radius 2 is 1.72 bits per heavy atom. The summed E-state index contributed by atoms with van der Waals surface area (Å²) in [5.41, 5.74) is 6.55. The first-order valence-electron chi connectivity index (χ1n) is 14.0. The molecule has 6 rings (SSSR count). The van der Waals surface area contributed by atoms with Crippen LogP contribution in [0.1, 0.15) is 11.1 Å². The summed E-state index contributed by atoms with van der Waals surface area (Å²) in [7, 11) is 4.26. The minimum atomic E-state index is 0.466. The molecule has 0 spiro atoms. The van der Waals surface area contributed by atoms with Crippen molar-refractivity contribution < 1.29 is 14.2 Å². The molecule has 1 saturated heterocycles. The molecule has 1 fully saturated rings. The molecule has 3 aliphatic rings. The zero-order chi connectivity index (χ0) is 26.6. The van der Waals surface area contributed by atoms with E-state index in [9.17, 15) is 0 Å².